The second-order valence-corrected chi connectivity index (χ2v) is 7.95. The van der Waals surface area contributed by atoms with Crippen molar-refractivity contribution < 1.29 is 19.5 Å². The molecular formula is C26H26N2O4. The van der Waals surface area contributed by atoms with Crippen molar-refractivity contribution >= 4 is 22.9 Å². The van der Waals surface area contributed by atoms with Crippen LogP contribution in [0.15, 0.2) is 54.6 Å². The summed E-state index contributed by atoms with van der Waals surface area (Å²) in [4.78, 5) is 30.3. The maximum absolute atomic E-state index is 13.3. The molecule has 0 spiro atoms. The Balaban J connectivity index is 1.78. The summed E-state index contributed by atoms with van der Waals surface area (Å²) < 4.78 is 1.60. The van der Waals surface area contributed by atoms with Crippen molar-refractivity contribution in [1.82, 2.24) is 9.63 Å². The summed E-state index contributed by atoms with van der Waals surface area (Å²) in [5.41, 5.74) is 1.86. The molecule has 0 bridgehead atoms. The zero-order chi connectivity index (χ0) is 22.7. The van der Waals surface area contributed by atoms with Gasteiger partial charge in [-0.2, -0.15) is 5.06 Å². The normalized spacial score (nSPS) is 17.3. The molecule has 1 aliphatic heterocycles. The highest BCUT2D eigenvalue weighted by Gasteiger charge is 2.51. The van der Waals surface area contributed by atoms with Gasteiger partial charge in [-0.3, -0.25) is 9.40 Å². The second-order valence-electron chi connectivity index (χ2n) is 7.95. The number of hydroxylamine groups is 2. The van der Waals surface area contributed by atoms with Crippen molar-refractivity contribution in [3.8, 4) is 11.8 Å². The number of benzene rings is 2. The number of hydrogen-bond acceptors (Lipinski definition) is 3. The van der Waals surface area contributed by atoms with Crippen molar-refractivity contribution in [2.75, 3.05) is 7.11 Å². The summed E-state index contributed by atoms with van der Waals surface area (Å²) in [6.45, 7) is 2.10. The van der Waals surface area contributed by atoms with Crippen molar-refractivity contribution in [2.45, 2.75) is 44.6 Å². The maximum Gasteiger partial charge on any atom is 0.354 e. The van der Waals surface area contributed by atoms with E-state index in [2.05, 4.69) is 30.9 Å². The van der Waals surface area contributed by atoms with Crippen LogP contribution in [0.1, 0.15) is 54.2 Å². The number of hydrogen-bond donors (Lipinski definition) is 1. The SMILES string of the molecule is CCCCC1(C#CCCc2ccccc2)c2cc3cc(C(=O)O)ccc3n2C(=O)N1OC. The lowest BCUT2D eigenvalue weighted by Crippen LogP contribution is -2.42. The molecule has 6 heteroatoms. The molecule has 1 amide bonds. The molecule has 2 aromatic carbocycles. The van der Waals surface area contributed by atoms with Gasteiger partial charge in [-0.15, -0.1) is 0 Å². The number of aromatic carboxylic acids is 1. The first-order chi connectivity index (χ1) is 15.5. The molecule has 6 nitrogen and oxygen atoms in total. The number of fused-ring (bicyclic) bond motifs is 3. The van der Waals surface area contributed by atoms with Gasteiger partial charge in [0, 0.05) is 11.8 Å². The summed E-state index contributed by atoms with van der Waals surface area (Å²) in [7, 11) is 1.49. The van der Waals surface area contributed by atoms with Gasteiger partial charge in [0.15, 0.2) is 5.54 Å². The molecule has 4 rings (SSSR count). The number of aryl methyl sites for hydroxylation is 1. The minimum absolute atomic E-state index is 0.186. The van der Waals surface area contributed by atoms with Gasteiger partial charge in [0.1, 0.15) is 0 Å². The summed E-state index contributed by atoms with van der Waals surface area (Å²) in [5.74, 6) is 5.67. The summed E-state index contributed by atoms with van der Waals surface area (Å²) >= 11 is 0. The number of amides is 1. The fourth-order valence-electron chi connectivity index (χ4n) is 4.35. The third-order valence-corrected chi connectivity index (χ3v) is 5.94. The quantitative estimate of drug-likeness (QED) is 0.523. The first kappa shape index (κ1) is 21.7. The van der Waals surface area contributed by atoms with E-state index in [1.165, 1.54) is 23.8 Å². The molecular weight excluding hydrogens is 404 g/mol. The molecule has 3 aromatic rings. The maximum atomic E-state index is 13.3. The molecule has 2 heterocycles. The van der Waals surface area contributed by atoms with Crippen LogP contribution in [0.4, 0.5) is 4.79 Å². The van der Waals surface area contributed by atoms with Crippen LogP contribution in [-0.2, 0) is 16.8 Å². The first-order valence-electron chi connectivity index (χ1n) is 10.8. The smallest absolute Gasteiger partial charge is 0.354 e. The monoisotopic (exact) mass is 430 g/mol. The molecule has 0 saturated carbocycles. The van der Waals surface area contributed by atoms with E-state index in [0.717, 1.165) is 25.0 Å². The molecule has 0 radical (unpaired) electrons. The Morgan fingerprint density at radius 2 is 1.94 bits per heavy atom. The van der Waals surface area contributed by atoms with Crippen molar-refractivity contribution in [1.29, 1.82) is 0 Å². The predicted molar refractivity (Wildman–Crippen MR) is 122 cm³/mol. The van der Waals surface area contributed by atoms with Gasteiger partial charge in [-0.25, -0.2) is 9.59 Å². The van der Waals surface area contributed by atoms with Crippen LogP contribution in [0, 0.1) is 11.8 Å². The number of nitrogens with zero attached hydrogens (tertiary/aromatic N) is 2. The summed E-state index contributed by atoms with van der Waals surface area (Å²) in [6, 6.07) is 16.5. The Labute approximate surface area is 187 Å². The van der Waals surface area contributed by atoms with Gasteiger partial charge in [0.25, 0.3) is 0 Å². The van der Waals surface area contributed by atoms with Crippen LogP contribution < -0.4 is 0 Å². The average Bonchev–Trinajstić information content (AvgIpc) is 3.29. The molecule has 164 valence electrons. The molecule has 1 N–H and O–H groups in total. The zero-order valence-electron chi connectivity index (χ0n) is 18.3. The molecule has 1 aliphatic rings. The van der Waals surface area contributed by atoms with Crippen molar-refractivity contribution in [3.05, 3.63) is 71.4 Å². The van der Waals surface area contributed by atoms with Crippen LogP contribution in [0.5, 0.6) is 0 Å². The van der Waals surface area contributed by atoms with Crippen LogP contribution in [0.2, 0.25) is 0 Å². The first-order valence-corrected chi connectivity index (χ1v) is 10.8. The molecule has 1 aromatic heterocycles. The third kappa shape index (κ3) is 3.65. The largest absolute Gasteiger partial charge is 0.478 e. The van der Waals surface area contributed by atoms with Gasteiger partial charge in [0.05, 0.1) is 23.9 Å². The van der Waals surface area contributed by atoms with E-state index in [1.807, 2.05) is 24.3 Å². The molecule has 1 atom stereocenters. The van der Waals surface area contributed by atoms with E-state index in [9.17, 15) is 14.7 Å². The fraction of sp³-hybridized carbons (Fsp3) is 0.308. The number of unbranched alkanes of at least 4 members (excludes halogenated alkanes) is 1. The Hall–Kier alpha value is -3.56. The topological polar surface area (TPSA) is 71.8 Å². The number of carboxylic acids is 1. The molecule has 0 saturated heterocycles. The highest BCUT2D eigenvalue weighted by Crippen LogP contribution is 2.43. The van der Waals surface area contributed by atoms with Crippen LogP contribution in [0.3, 0.4) is 0 Å². The van der Waals surface area contributed by atoms with Crippen LogP contribution in [0.25, 0.3) is 10.9 Å². The molecule has 0 fully saturated rings. The Morgan fingerprint density at radius 1 is 1.16 bits per heavy atom. The molecule has 32 heavy (non-hydrogen) atoms. The van der Waals surface area contributed by atoms with Gasteiger partial charge >= 0.3 is 12.0 Å². The van der Waals surface area contributed by atoms with E-state index in [-0.39, 0.29) is 11.6 Å². The van der Waals surface area contributed by atoms with Gasteiger partial charge in [-0.05, 0) is 49.1 Å². The Kier molecular flexibility index (Phi) is 6.02. The standard InChI is InChI=1S/C26H26N2O4/c1-3-4-15-26(16-9-8-12-19-10-6-5-7-11-19)23-18-21-17-20(24(29)30)13-14-22(21)27(23)25(31)28(26)32-2/h5-7,10-11,13-14,17-18H,3-4,8,12,15H2,1-2H3,(H,29,30). The summed E-state index contributed by atoms with van der Waals surface area (Å²) in [5, 5.41) is 11.4. The van der Waals surface area contributed by atoms with E-state index < -0.39 is 11.5 Å². The van der Waals surface area contributed by atoms with Crippen molar-refractivity contribution in [3.63, 3.8) is 0 Å². The number of rotatable bonds is 7. The van der Waals surface area contributed by atoms with Crippen molar-refractivity contribution in [2.24, 2.45) is 0 Å². The van der Waals surface area contributed by atoms with Crippen LogP contribution >= 0.6 is 0 Å². The molecule has 0 aliphatic carbocycles. The highest BCUT2D eigenvalue weighted by atomic mass is 16.7. The minimum atomic E-state index is -0.999. The lowest BCUT2D eigenvalue weighted by molar-refractivity contribution is -0.134. The second kappa shape index (κ2) is 8.89. The van der Waals surface area contributed by atoms with Gasteiger partial charge in [-0.1, -0.05) is 55.5 Å². The van der Waals surface area contributed by atoms with E-state index >= 15 is 0 Å². The van der Waals surface area contributed by atoms with E-state index in [4.69, 9.17) is 4.84 Å². The number of carboxylic acid groups (broad SMARTS) is 1. The van der Waals surface area contributed by atoms with Gasteiger partial charge in [0.2, 0.25) is 0 Å². The zero-order valence-corrected chi connectivity index (χ0v) is 18.3. The lowest BCUT2D eigenvalue weighted by Gasteiger charge is -2.31. The Bertz CT molecular complexity index is 1220. The number of aromatic nitrogens is 1. The van der Waals surface area contributed by atoms with E-state index in [0.29, 0.717) is 23.7 Å². The lowest BCUT2D eigenvalue weighted by atomic mass is 9.89. The van der Waals surface area contributed by atoms with Crippen LogP contribution in [-0.4, -0.2) is 33.8 Å². The predicted octanol–water partition coefficient (Wildman–Crippen LogP) is 5.21. The van der Waals surface area contributed by atoms with Gasteiger partial charge < -0.3 is 5.11 Å². The highest BCUT2D eigenvalue weighted by molar-refractivity contribution is 5.99. The number of carbonyl (C=O) groups excluding carboxylic acids is 1. The summed E-state index contributed by atoms with van der Waals surface area (Å²) in [6.07, 6.45) is 3.92. The minimum Gasteiger partial charge on any atom is -0.478 e. The third-order valence-electron chi connectivity index (χ3n) is 5.94. The van der Waals surface area contributed by atoms with E-state index in [1.54, 1.807) is 16.7 Å². The number of carbonyl (C=O) groups is 2. The average molecular weight is 431 g/mol. The fourth-order valence-corrected chi connectivity index (χ4v) is 4.35. The Morgan fingerprint density at radius 3 is 2.62 bits per heavy atom. The molecule has 1 unspecified atom stereocenters.